The molecular weight excluding hydrogens is 224 g/mol. The highest BCUT2D eigenvalue weighted by Crippen LogP contribution is 2.33. The molecule has 2 saturated heterocycles. The summed E-state index contributed by atoms with van der Waals surface area (Å²) in [7, 11) is 0. The molecule has 2 rings (SSSR count). The van der Waals surface area contributed by atoms with Crippen LogP contribution >= 0.6 is 0 Å². The summed E-state index contributed by atoms with van der Waals surface area (Å²) >= 11 is 0. The Morgan fingerprint density at radius 3 is 2.67 bits per heavy atom. The summed E-state index contributed by atoms with van der Waals surface area (Å²) in [5.41, 5.74) is 0.338. The Kier molecular flexibility index (Phi) is 4.31. The first-order chi connectivity index (χ1) is 8.47. The highest BCUT2D eigenvalue weighted by molar-refractivity contribution is 5.76. The van der Waals surface area contributed by atoms with Gasteiger partial charge in [-0.15, -0.1) is 0 Å². The van der Waals surface area contributed by atoms with E-state index in [1.807, 2.05) is 0 Å². The monoisotopic (exact) mass is 252 g/mol. The van der Waals surface area contributed by atoms with Gasteiger partial charge in [0.15, 0.2) is 0 Å². The predicted octanol–water partition coefficient (Wildman–Crippen LogP) is 2.27. The van der Waals surface area contributed by atoms with E-state index in [9.17, 15) is 4.79 Å². The first-order valence-electron chi connectivity index (χ1n) is 7.45. The molecule has 3 nitrogen and oxygen atoms in total. The summed E-state index contributed by atoms with van der Waals surface area (Å²) in [4.78, 5) is 14.3. The van der Waals surface area contributed by atoms with Crippen molar-refractivity contribution in [1.82, 2.24) is 10.2 Å². The molecule has 0 saturated carbocycles. The van der Waals surface area contributed by atoms with Crippen LogP contribution in [0.4, 0.5) is 0 Å². The average Bonchev–Trinajstić information content (AvgIpc) is 2.96. The van der Waals surface area contributed by atoms with Crippen molar-refractivity contribution < 1.29 is 4.79 Å². The van der Waals surface area contributed by atoms with E-state index in [1.165, 1.54) is 12.8 Å². The lowest BCUT2D eigenvalue weighted by molar-refractivity contribution is -0.130. The van der Waals surface area contributed by atoms with Gasteiger partial charge < -0.3 is 10.2 Å². The van der Waals surface area contributed by atoms with Crippen LogP contribution in [-0.4, -0.2) is 37.0 Å². The fourth-order valence-electron chi connectivity index (χ4n) is 3.14. The molecule has 0 spiro atoms. The Hall–Kier alpha value is -0.570. The van der Waals surface area contributed by atoms with Gasteiger partial charge in [0.1, 0.15) is 0 Å². The third-order valence-corrected chi connectivity index (χ3v) is 4.69. The molecule has 1 N–H and O–H groups in total. The third-order valence-electron chi connectivity index (χ3n) is 4.69. The van der Waals surface area contributed by atoms with Crippen molar-refractivity contribution in [1.29, 1.82) is 0 Å². The van der Waals surface area contributed by atoms with Crippen LogP contribution in [0.2, 0.25) is 0 Å². The SMILES string of the molecule is CC(C)(C)C1CCN(C(=O)CCC2CCNC2)C1. The molecule has 0 aromatic heterocycles. The molecule has 2 atom stereocenters. The molecule has 3 heteroatoms. The van der Waals surface area contributed by atoms with Gasteiger partial charge in [0.2, 0.25) is 5.91 Å². The van der Waals surface area contributed by atoms with Crippen molar-refractivity contribution in [3.63, 3.8) is 0 Å². The van der Waals surface area contributed by atoms with E-state index in [1.54, 1.807) is 0 Å². The number of hydrogen-bond acceptors (Lipinski definition) is 2. The molecule has 0 aliphatic carbocycles. The molecule has 18 heavy (non-hydrogen) atoms. The number of amides is 1. The molecular formula is C15H28N2O. The first kappa shape index (κ1) is 13.9. The lowest BCUT2D eigenvalue weighted by Crippen LogP contribution is -2.31. The summed E-state index contributed by atoms with van der Waals surface area (Å²) in [6, 6.07) is 0. The van der Waals surface area contributed by atoms with Crippen molar-refractivity contribution >= 4 is 5.91 Å². The van der Waals surface area contributed by atoms with Crippen molar-refractivity contribution in [2.75, 3.05) is 26.2 Å². The average molecular weight is 252 g/mol. The smallest absolute Gasteiger partial charge is 0.222 e. The Balaban J connectivity index is 1.73. The quantitative estimate of drug-likeness (QED) is 0.835. The van der Waals surface area contributed by atoms with E-state index in [2.05, 4.69) is 31.0 Å². The van der Waals surface area contributed by atoms with Crippen molar-refractivity contribution in [3.8, 4) is 0 Å². The van der Waals surface area contributed by atoms with Gasteiger partial charge in [-0.25, -0.2) is 0 Å². The summed E-state index contributed by atoms with van der Waals surface area (Å²) in [5.74, 6) is 1.79. The molecule has 1 amide bonds. The van der Waals surface area contributed by atoms with E-state index in [-0.39, 0.29) is 0 Å². The van der Waals surface area contributed by atoms with Crippen LogP contribution in [0.3, 0.4) is 0 Å². The van der Waals surface area contributed by atoms with Crippen LogP contribution in [0.15, 0.2) is 0 Å². The zero-order chi connectivity index (χ0) is 13.2. The van der Waals surface area contributed by atoms with Crippen molar-refractivity contribution in [2.45, 2.75) is 46.5 Å². The van der Waals surface area contributed by atoms with Gasteiger partial charge in [0, 0.05) is 19.5 Å². The second-order valence-corrected chi connectivity index (χ2v) is 7.09. The van der Waals surface area contributed by atoms with Crippen LogP contribution in [0.25, 0.3) is 0 Å². The zero-order valence-corrected chi connectivity index (χ0v) is 12.2. The molecule has 2 heterocycles. The number of nitrogens with one attached hydrogen (secondary N) is 1. The number of hydrogen-bond donors (Lipinski definition) is 1. The van der Waals surface area contributed by atoms with E-state index >= 15 is 0 Å². The van der Waals surface area contributed by atoms with Crippen LogP contribution < -0.4 is 5.32 Å². The third kappa shape index (κ3) is 3.47. The number of carbonyl (C=O) groups excluding carboxylic acids is 1. The minimum atomic E-state index is 0.338. The van der Waals surface area contributed by atoms with Gasteiger partial charge >= 0.3 is 0 Å². The van der Waals surface area contributed by atoms with Crippen molar-refractivity contribution in [2.24, 2.45) is 17.3 Å². The van der Waals surface area contributed by atoms with E-state index in [0.29, 0.717) is 17.2 Å². The lowest BCUT2D eigenvalue weighted by Gasteiger charge is -2.27. The molecule has 0 radical (unpaired) electrons. The lowest BCUT2D eigenvalue weighted by atomic mass is 9.80. The van der Waals surface area contributed by atoms with Gasteiger partial charge in [-0.2, -0.15) is 0 Å². The van der Waals surface area contributed by atoms with Crippen LogP contribution in [0, 0.1) is 17.3 Å². The fraction of sp³-hybridized carbons (Fsp3) is 0.933. The normalized spacial score (nSPS) is 28.9. The minimum Gasteiger partial charge on any atom is -0.342 e. The molecule has 2 unspecified atom stereocenters. The second-order valence-electron chi connectivity index (χ2n) is 7.09. The molecule has 2 fully saturated rings. The molecule has 2 aliphatic heterocycles. The molecule has 0 aromatic carbocycles. The number of carbonyl (C=O) groups is 1. The van der Waals surface area contributed by atoms with Gasteiger partial charge in [-0.05, 0) is 49.6 Å². The maximum Gasteiger partial charge on any atom is 0.222 e. The molecule has 2 aliphatic rings. The van der Waals surface area contributed by atoms with Crippen LogP contribution in [0.1, 0.15) is 46.5 Å². The largest absolute Gasteiger partial charge is 0.342 e. The fourth-order valence-corrected chi connectivity index (χ4v) is 3.14. The highest BCUT2D eigenvalue weighted by Gasteiger charge is 2.33. The maximum absolute atomic E-state index is 12.2. The maximum atomic E-state index is 12.2. The van der Waals surface area contributed by atoms with E-state index in [4.69, 9.17) is 0 Å². The number of likely N-dealkylation sites (tertiary alicyclic amines) is 1. The Bertz CT molecular complexity index is 289. The first-order valence-corrected chi connectivity index (χ1v) is 7.45. The topological polar surface area (TPSA) is 32.3 Å². The van der Waals surface area contributed by atoms with Crippen molar-refractivity contribution in [3.05, 3.63) is 0 Å². The molecule has 0 bridgehead atoms. The standard InChI is InChI=1S/C15H28N2O/c1-15(2,3)13-7-9-17(11-13)14(18)5-4-12-6-8-16-10-12/h12-13,16H,4-11H2,1-3H3. The van der Waals surface area contributed by atoms with E-state index in [0.717, 1.165) is 44.9 Å². The Labute approximate surface area is 111 Å². The molecule has 104 valence electrons. The summed E-state index contributed by atoms with van der Waals surface area (Å²) < 4.78 is 0. The van der Waals surface area contributed by atoms with Gasteiger partial charge in [0.05, 0.1) is 0 Å². The van der Waals surface area contributed by atoms with Gasteiger partial charge in [-0.1, -0.05) is 20.8 Å². The zero-order valence-electron chi connectivity index (χ0n) is 12.2. The predicted molar refractivity (Wildman–Crippen MR) is 74.4 cm³/mol. The number of rotatable bonds is 3. The van der Waals surface area contributed by atoms with E-state index < -0.39 is 0 Å². The van der Waals surface area contributed by atoms with Crippen LogP contribution in [-0.2, 0) is 4.79 Å². The van der Waals surface area contributed by atoms with Gasteiger partial charge in [-0.3, -0.25) is 4.79 Å². The summed E-state index contributed by atoms with van der Waals surface area (Å²) in [6.07, 6.45) is 4.25. The van der Waals surface area contributed by atoms with Gasteiger partial charge in [0.25, 0.3) is 0 Å². The highest BCUT2D eigenvalue weighted by atomic mass is 16.2. The minimum absolute atomic E-state index is 0.338. The Morgan fingerprint density at radius 2 is 2.11 bits per heavy atom. The van der Waals surface area contributed by atoms with Crippen LogP contribution in [0.5, 0.6) is 0 Å². The Morgan fingerprint density at radius 1 is 1.33 bits per heavy atom. The second kappa shape index (κ2) is 5.60. The molecule has 0 aromatic rings. The summed E-state index contributed by atoms with van der Waals surface area (Å²) in [6.45, 7) is 11.1. The summed E-state index contributed by atoms with van der Waals surface area (Å²) in [5, 5.41) is 3.37. The number of nitrogens with zero attached hydrogens (tertiary/aromatic N) is 1.